The fourth-order valence-electron chi connectivity index (χ4n) is 4.07. The molecule has 1 atom stereocenters. The lowest BCUT2D eigenvalue weighted by Crippen LogP contribution is -2.12. The number of aromatic nitrogens is 5. The Labute approximate surface area is 191 Å². The van der Waals surface area contributed by atoms with Crippen molar-refractivity contribution in [1.29, 1.82) is 0 Å². The molecule has 1 aliphatic rings. The first-order valence-corrected chi connectivity index (χ1v) is 10.4. The third-order valence-electron chi connectivity index (χ3n) is 5.66. The Morgan fingerprint density at radius 1 is 1.18 bits per heavy atom. The first-order valence-electron chi connectivity index (χ1n) is 10.4. The van der Waals surface area contributed by atoms with Crippen LogP contribution in [0.15, 0.2) is 61.3 Å². The van der Waals surface area contributed by atoms with Crippen molar-refractivity contribution < 1.29 is 18.0 Å². The van der Waals surface area contributed by atoms with E-state index in [1.807, 2.05) is 18.2 Å². The number of carbonyl (C=O) groups is 1. The zero-order valence-electron chi connectivity index (χ0n) is 17.7. The first-order chi connectivity index (χ1) is 16.3. The highest BCUT2D eigenvalue weighted by Crippen LogP contribution is 2.39. The van der Waals surface area contributed by atoms with Gasteiger partial charge in [0, 0.05) is 11.4 Å². The molecule has 0 aliphatic heterocycles. The minimum Gasteiger partial charge on any atom is -0.324 e. The molecule has 5 rings (SSSR count). The summed E-state index contributed by atoms with van der Waals surface area (Å²) in [5, 5.41) is 14.2. The number of benzene rings is 2. The number of hydrogen-bond acceptors (Lipinski definition) is 6. The highest BCUT2D eigenvalue weighted by molar-refractivity contribution is 5.99. The van der Waals surface area contributed by atoms with Crippen LogP contribution in [0, 0.1) is 0 Å². The van der Waals surface area contributed by atoms with E-state index in [4.69, 9.17) is 0 Å². The molecule has 0 spiro atoms. The molecule has 8 nitrogen and oxygen atoms in total. The Balaban J connectivity index is 1.45. The molecule has 4 aromatic rings. The molecule has 0 radical (unpaired) electrons. The summed E-state index contributed by atoms with van der Waals surface area (Å²) in [7, 11) is 0. The van der Waals surface area contributed by atoms with E-state index in [0.717, 1.165) is 41.8 Å². The first kappa shape index (κ1) is 21.6. The van der Waals surface area contributed by atoms with Crippen LogP contribution in [0.5, 0.6) is 0 Å². The molecule has 2 aromatic heterocycles. The molecule has 0 fully saturated rings. The smallest absolute Gasteiger partial charge is 0.324 e. The molecule has 0 saturated carbocycles. The molecule has 2 N–H and O–H groups in total. The van der Waals surface area contributed by atoms with Crippen molar-refractivity contribution in [3.05, 3.63) is 78.0 Å². The van der Waals surface area contributed by atoms with E-state index in [-0.39, 0.29) is 17.9 Å². The number of hydrogen-bond donors (Lipinski definition) is 2. The van der Waals surface area contributed by atoms with Crippen LogP contribution in [-0.2, 0) is 17.4 Å². The van der Waals surface area contributed by atoms with Gasteiger partial charge in [0.1, 0.15) is 0 Å². The monoisotopic (exact) mass is 465 g/mol. The normalized spacial score (nSPS) is 15.2. The van der Waals surface area contributed by atoms with Crippen LogP contribution in [0.1, 0.15) is 29.2 Å². The van der Waals surface area contributed by atoms with Gasteiger partial charge in [-0.25, -0.2) is 9.67 Å². The second-order valence-corrected chi connectivity index (χ2v) is 7.76. The molecule has 11 heteroatoms. The molecule has 2 aromatic carbocycles. The van der Waals surface area contributed by atoms with Crippen molar-refractivity contribution in [2.45, 2.75) is 25.1 Å². The Kier molecular flexibility index (Phi) is 5.23. The Morgan fingerprint density at radius 3 is 2.71 bits per heavy atom. The van der Waals surface area contributed by atoms with Gasteiger partial charge in [-0.1, -0.05) is 23.9 Å². The molecule has 34 heavy (non-hydrogen) atoms. The lowest BCUT2D eigenvalue weighted by atomic mass is 10.1. The van der Waals surface area contributed by atoms with Crippen LogP contribution in [0.25, 0.3) is 11.2 Å². The Morgan fingerprint density at radius 2 is 1.97 bits per heavy atom. The third-order valence-corrected chi connectivity index (χ3v) is 5.66. The maximum atomic E-state index is 12.8. The van der Waals surface area contributed by atoms with Crippen LogP contribution in [0.3, 0.4) is 0 Å². The van der Waals surface area contributed by atoms with Gasteiger partial charge in [0.15, 0.2) is 11.2 Å². The molecule has 0 bridgehead atoms. The summed E-state index contributed by atoms with van der Waals surface area (Å²) in [5.41, 5.74) is 3.41. The highest BCUT2D eigenvalue weighted by Gasteiger charge is 2.30. The van der Waals surface area contributed by atoms with Crippen LogP contribution in [-0.4, -0.2) is 30.9 Å². The lowest BCUT2D eigenvalue weighted by Gasteiger charge is -2.14. The van der Waals surface area contributed by atoms with Gasteiger partial charge >= 0.3 is 6.18 Å². The largest absolute Gasteiger partial charge is 0.416 e. The number of halogens is 3. The zero-order chi connectivity index (χ0) is 23.9. The third kappa shape index (κ3) is 3.96. The minimum absolute atomic E-state index is 0.144. The summed E-state index contributed by atoms with van der Waals surface area (Å²) < 4.78 is 40.1. The quantitative estimate of drug-likeness (QED) is 0.417. The lowest BCUT2D eigenvalue weighted by molar-refractivity contribution is -0.137. The number of rotatable bonds is 5. The molecular formula is C23H18F3N7O. The van der Waals surface area contributed by atoms with E-state index in [9.17, 15) is 18.0 Å². The van der Waals surface area contributed by atoms with Crippen molar-refractivity contribution in [1.82, 2.24) is 25.0 Å². The summed E-state index contributed by atoms with van der Waals surface area (Å²) in [6.07, 6.45) is -0.205. The van der Waals surface area contributed by atoms with Crippen molar-refractivity contribution in [2.75, 3.05) is 10.6 Å². The van der Waals surface area contributed by atoms with E-state index < -0.39 is 11.7 Å². The fraction of sp³-hybridized carbons (Fsp3) is 0.174. The van der Waals surface area contributed by atoms with E-state index in [1.165, 1.54) is 24.4 Å². The maximum Gasteiger partial charge on any atom is 0.416 e. The van der Waals surface area contributed by atoms with Gasteiger partial charge in [-0.2, -0.15) is 18.2 Å². The van der Waals surface area contributed by atoms with E-state index in [0.29, 0.717) is 16.9 Å². The molecule has 1 aliphatic carbocycles. The summed E-state index contributed by atoms with van der Waals surface area (Å²) >= 11 is 0. The van der Waals surface area contributed by atoms with Crippen LogP contribution < -0.4 is 10.6 Å². The number of nitrogens with zero attached hydrogens (tertiary/aromatic N) is 5. The zero-order valence-corrected chi connectivity index (χ0v) is 17.7. The molecular weight excluding hydrogens is 447 g/mol. The molecule has 0 unspecified atom stereocenters. The topological polar surface area (TPSA) is 97.6 Å². The van der Waals surface area contributed by atoms with E-state index >= 15 is 0 Å². The van der Waals surface area contributed by atoms with Crippen molar-refractivity contribution in [3.8, 4) is 0 Å². The summed E-state index contributed by atoms with van der Waals surface area (Å²) in [5.74, 6) is -0.0733. The summed E-state index contributed by atoms with van der Waals surface area (Å²) in [6.45, 7) is 3.49. The van der Waals surface area contributed by atoms with Crippen LogP contribution in [0.4, 0.5) is 30.5 Å². The Hall–Kier alpha value is -4.28. The predicted octanol–water partition coefficient (Wildman–Crippen LogP) is 4.64. The standard InChI is InChI=1S/C23H18F3N7O/c1-2-20(34)29-17-5-3-4-16-15(17)10-11-19(16)33-21-18(31-32-33)12-27-22(30-21)28-14-8-6-13(7-9-14)23(24,25)26/h2-9,12,19H,1,10-11H2,(H,29,34)(H,27,28,30)/t19-/m0/s1. The number of anilines is 3. The van der Waals surface area contributed by atoms with Gasteiger partial charge in [0.05, 0.1) is 17.8 Å². The molecule has 1 amide bonds. The number of fused-ring (bicyclic) bond motifs is 2. The average molecular weight is 465 g/mol. The second-order valence-electron chi connectivity index (χ2n) is 7.76. The minimum atomic E-state index is -4.40. The molecule has 0 saturated heterocycles. The van der Waals surface area contributed by atoms with Gasteiger partial charge < -0.3 is 10.6 Å². The molecule has 172 valence electrons. The summed E-state index contributed by atoms with van der Waals surface area (Å²) in [4.78, 5) is 20.5. The maximum absolute atomic E-state index is 12.8. The highest BCUT2D eigenvalue weighted by atomic mass is 19.4. The van der Waals surface area contributed by atoms with Gasteiger partial charge in [0.25, 0.3) is 0 Å². The molecule has 2 heterocycles. The van der Waals surface area contributed by atoms with Gasteiger partial charge in [-0.05, 0) is 60.4 Å². The van der Waals surface area contributed by atoms with Crippen LogP contribution in [0.2, 0.25) is 0 Å². The number of alkyl halides is 3. The average Bonchev–Trinajstić information content (AvgIpc) is 3.43. The SMILES string of the molecule is C=CC(=O)Nc1cccc2c1CC[C@@H]2n1nnc2cnc(Nc3ccc(C(F)(F)F)cc3)nc21. The fourth-order valence-corrected chi connectivity index (χ4v) is 4.07. The van der Waals surface area contributed by atoms with Gasteiger partial charge in [-0.3, -0.25) is 4.79 Å². The number of nitrogens with one attached hydrogen (secondary N) is 2. The van der Waals surface area contributed by atoms with E-state index in [2.05, 4.69) is 37.5 Å². The van der Waals surface area contributed by atoms with E-state index in [1.54, 1.807) is 4.68 Å². The van der Waals surface area contributed by atoms with Crippen molar-refractivity contribution >= 4 is 34.4 Å². The Bertz CT molecular complexity index is 1400. The number of amides is 1. The van der Waals surface area contributed by atoms with Crippen molar-refractivity contribution in [3.63, 3.8) is 0 Å². The second kappa shape index (κ2) is 8.25. The van der Waals surface area contributed by atoms with Crippen LogP contribution >= 0.6 is 0 Å². The van der Waals surface area contributed by atoms with Gasteiger partial charge in [0.2, 0.25) is 11.9 Å². The van der Waals surface area contributed by atoms with Gasteiger partial charge in [-0.15, -0.1) is 5.10 Å². The summed E-state index contributed by atoms with van der Waals surface area (Å²) in [6, 6.07) is 10.2. The number of carbonyl (C=O) groups excluding carboxylic acids is 1. The predicted molar refractivity (Wildman–Crippen MR) is 120 cm³/mol. The van der Waals surface area contributed by atoms with Crippen molar-refractivity contribution in [2.24, 2.45) is 0 Å².